The summed E-state index contributed by atoms with van der Waals surface area (Å²) < 4.78 is 13.1. The van der Waals surface area contributed by atoms with Gasteiger partial charge in [-0.3, -0.25) is 4.79 Å². The van der Waals surface area contributed by atoms with Crippen LogP contribution in [-0.4, -0.2) is 12.2 Å². The van der Waals surface area contributed by atoms with E-state index < -0.39 is 0 Å². The van der Waals surface area contributed by atoms with Gasteiger partial charge in [0.25, 0.3) is 0 Å². The predicted molar refractivity (Wildman–Crippen MR) is 84.9 cm³/mol. The summed E-state index contributed by atoms with van der Waals surface area (Å²) in [6.07, 6.45) is 2.21. The molecule has 0 saturated carbocycles. The van der Waals surface area contributed by atoms with Crippen molar-refractivity contribution in [2.75, 3.05) is 6.26 Å². The topological polar surface area (TPSA) is 29.1 Å². The number of thioether (sulfide) groups is 1. The zero-order valence-corrected chi connectivity index (χ0v) is 12.9. The minimum atomic E-state index is -0.319. The van der Waals surface area contributed by atoms with E-state index >= 15 is 0 Å². The zero-order valence-electron chi connectivity index (χ0n) is 12.1. The Balaban J connectivity index is 1.95. The molecular formula is C17H18FNOS. The second kappa shape index (κ2) is 7.27. The third-order valence-electron chi connectivity index (χ3n) is 3.25. The number of hydrogen-bond acceptors (Lipinski definition) is 2. The summed E-state index contributed by atoms with van der Waals surface area (Å²) >= 11 is 1.68. The highest BCUT2D eigenvalue weighted by Gasteiger charge is 2.10. The van der Waals surface area contributed by atoms with Crippen molar-refractivity contribution in [1.29, 1.82) is 0 Å². The van der Waals surface area contributed by atoms with Gasteiger partial charge in [-0.1, -0.05) is 24.3 Å². The third-order valence-corrected chi connectivity index (χ3v) is 3.99. The molecule has 0 spiro atoms. The maximum absolute atomic E-state index is 13.1. The van der Waals surface area contributed by atoms with E-state index in [1.807, 2.05) is 37.4 Å². The van der Waals surface area contributed by atoms with Crippen molar-refractivity contribution in [2.45, 2.75) is 24.3 Å². The average Bonchev–Trinajstić information content (AvgIpc) is 2.47. The van der Waals surface area contributed by atoms with Crippen LogP contribution in [-0.2, 0) is 11.2 Å². The number of carbonyl (C=O) groups excluding carboxylic acids is 1. The van der Waals surface area contributed by atoms with E-state index in [1.54, 1.807) is 23.9 Å². The second-order valence-corrected chi connectivity index (χ2v) is 5.75. The summed E-state index contributed by atoms with van der Waals surface area (Å²) in [6, 6.07) is 14.2. The molecule has 4 heteroatoms. The molecule has 1 unspecified atom stereocenters. The normalized spacial score (nSPS) is 12.0. The summed E-state index contributed by atoms with van der Waals surface area (Å²) in [5.74, 6) is -0.428. The smallest absolute Gasteiger partial charge is 0.224 e. The van der Waals surface area contributed by atoms with Gasteiger partial charge < -0.3 is 5.32 Å². The summed E-state index contributed by atoms with van der Waals surface area (Å²) in [6.45, 7) is 1.94. The fraction of sp³-hybridized carbons (Fsp3) is 0.235. The fourth-order valence-corrected chi connectivity index (χ4v) is 2.51. The molecule has 0 saturated heterocycles. The van der Waals surface area contributed by atoms with Gasteiger partial charge in [0, 0.05) is 4.90 Å². The van der Waals surface area contributed by atoms with Crippen molar-refractivity contribution in [3.05, 3.63) is 65.5 Å². The Labute approximate surface area is 128 Å². The van der Waals surface area contributed by atoms with Gasteiger partial charge in [0.15, 0.2) is 0 Å². The molecule has 1 atom stereocenters. The van der Waals surface area contributed by atoms with Crippen molar-refractivity contribution in [1.82, 2.24) is 5.32 Å². The SMILES string of the molecule is CSc1ccc(C(C)NC(=O)Cc2cccc(F)c2)cc1. The van der Waals surface area contributed by atoms with E-state index in [0.29, 0.717) is 5.56 Å². The van der Waals surface area contributed by atoms with Gasteiger partial charge >= 0.3 is 0 Å². The molecular weight excluding hydrogens is 285 g/mol. The fourth-order valence-electron chi connectivity index (χ4n) is 2.10. The van der Waals surface area contributed by atoms with Gasteiger partial charge in [0.05, 0.1) is 12.5 Å². The Morgan fingerprint density at radius 3 is 2.57 bits per heavy atom. The molecule has 2 rings (SSSR count). The quantitative estimate of drug-likeness (QED) is 0.847. The summed E-state index contributed by atoms with van der Waals surface area (Å²) in [4.78, 5) is 13.2. The van der Waals surface area contributed by atoms with Gasteiger partial charge in [0.2, 0.25) is 5.91 Å². The predicted octanol–water partition coefficient (Wildman–Crippen LogP) is 3.97. The number of hydrogen-bond donors (Lipinski definition) is 1. The van der Waals surface area contributed by atoms with E-state index in [-0.39, 0.29) is 24.2 Å². The van der Waals surface area contributed by atoms with Crippen molar-refractivity contribution < 1.29 is 9.18 Å². The molecule has 0 bridgehead atoms. The lowest BCUT2D eigenvalue weighted by atomic mass is 10.1. The minimum Gasteiger partial charge on any atom is -0.349 e. The zero-order chi connectivity index (χ0) is 15.2. The van der Waals surface area contributed by atoms with Crippen LogP contribution in [0.2, 0.25) is 0 Å². The highest BCUT2D eigenvalue weighted by atomic mass is 32.2. The van der Waals surface area contributed by atoms with E-state index in [4.69, 9.17) is 0 Å². The number of benzene rings is 2. The van der Waals surface area contributed by atoms with Crippen LogP contribution in [0.25, 0.3) is 0 Å². The minimum absolute atomic E-state index is 0.0676. The van der Waals surface area contributed by atoms with Crippen molar-refractivity contribution in [3.8, 4) is 0 Å². The second-order valence-electron chi connectivity index (χ2n) is 4.87. The number of carbonyl (C=O) groups is 1. The Kier molecular flexibility index (Phi) is 5.39. The highest BCUT2D eigenvalue weighted by Crippen LogP contribution is 2.19. The number of nitrogens with one attached hydrogen (secondary N) is 1. The molecule has 21 heavy (non-hydrogen) atoms. The first-order valence-corrected chi connectivity index (χ1v) is 7.98. The standard InChI is InChI=1S/C17H18FNOS/c1-12(14-6-8-16(21-2)9-7-14)19-17(20)11-13-4-3-5-15(18)10-13/h3-10,12H,11H2,1-2H3,(H,19,20). The highest BCUT2D eigenvalue weighted by molar-refractivity contribution is 7.98. The van der Waals surface area contributed by atoms with E-state index in [2.05, 4.69) is 5.32 Å². The van der Waals surface area contributed by atoms with Crippen molar-refractivity contribution >= 4 is 17.7 Å². The molecule has 2 aromatic rings. The van der Waals surface area contributed by atoms with Crippen molar-refractivity contribution in [3.63, 3.8) is 0 Å². The van der Waals surface area contributed by atoms with Gasteiger partial charge in [-0.25, -0.2) is 4.39 Å². The van der Waals surface area contributed by atoms with E-state index in [0.717, 1.165) is 5.56 Å². The Hall–Kier alpha value is -1.81. The summed E-state index contributed by atoms with van der Waals surface area (Å²) in [7, 11) is 0. The van der Waals surface area contributed by atoms with Crippen molar-refractivity contribution in [2.24, 2.45) is 0 Å². The van der Waals surface area contributed by atoms with E-state index in [1.165, 1.54) is 17.0 Å². The lowest BCUT2D eigenvalue weighted by Crippen LogP contribution is -2.28. The molecule has 2 aromatic carbocycles. The Bertz CT molecular complexity index is 612. The number of amides is 1. The largest absolute Gasteiger partial charge is 0.349 e. The van der Waals surface area contributed by atoms with Gasteiger partial charge in [-0.2, -0.15) is 0 Å². The third kappa shape index (κ3) is 4.60. The van der Waals surface area contributed by atoms with E-state index in [9.17, 15) is 9.18 Å². The first-order valence-electron chi connectivity index (χ1n) is 6.76. The van der Waals surface area contributed by atoms with Crippen LogP contribution in [0.4, 0.5) is 4.39 Å². The molecule has 2 nitrogen and oxygen atoms in total. The molecule has 0 aliphatic carbocycles. The van der Waals surface area contributed by atoms with Crippen LogP contribution in [0, 0.1) is 5.82 Å². The Morgan fingerprint density at radius 1 is 1.24 bits per heavy atom. The molecule has 1 amide bonds. The van der Waals surface area contributed by atoms with Crippen LogP contribution >= 0.6 is 11.8 Å². The molecule has 0 aromatic heterocycles. The average molecular weight is 303 g/mol. The van der Waals surface area contributed by atoms with Gasteiger partial charge in [-0.15, -0.1) is 11.8 Å². The number of halogens is 1. The first-order chi connectivity index (χ1) is 10.1. The molecule has 110 valence electrons. The molecule has 1 N–H and O–H groups in total. The van der Waals surface area contributed by atoms with Gasteiger partial charge in [0.1, 0.15) is 5.82 Å². The van der Waals surface area contributed by atoms with Crippen LogP contribution in [0.5, 0.6) is 0 Å². The van der Waals surface area contributed by atoms with Crippen LogP contribution in [0.3, 0.4) is 0 Å². The Morgan fingerprint density at radius 2 is 1.95 bits per heavy atom. The summed E-state index contributed by atoms with van der Waals surface area (Å²) in [5.41, 5.74) is 1.73. The first kappa shape index (κ1) is 15.6. The maximum Gasteiger partial charge on any atom is 0.224 e. The molecule has 0 heterocycles. The van der Waals surface area contributed by atoms with Crippen LogP contribution < -0.4 is 5.32 Å². The van der Waals surface area contributed by atoms with Gasteiger partial charge in [-0.05, 0) is 48.6 Å². The molecule has 0 radical (unpaired) electrons. The lowest BCUT2D eigenvalue weighted by Gasteiger charge is -2.15. The molecule has 0 aliphatic rings. The monoisotopic (exact) mass is 303 g/mol. The van der Waals surface area contributed by atoms with Crippen LogP contribution in [0.15, 0.2) is 53.4 Å². The molecule has 0 aliphatic heterocycles. The van der Waals surface area contributed by atoms with Crippen LogP contribution in [0.1, 0.15) is 24.1 Å². The molecule has 0 fully saturated rings. The lowest BCUT2D eigenvalue weighted by molar-refractivity contribution is -0.121. The number of rotatable bonds is 5. The maximum atomic E-state index is 13.1. The summed E-state index contributed by atoms with van der Waals surface area (Å²) in [5, 5.41) is 2.93.